The quantitative estimate of drug-likeness (QED) is 0.576. The minimum Gasteiger partial charge on any atom is -0.444 e. The van der Waals surface area contributed by atoms with Crippen molar-refractivity contribution in [2.24, 2.45) is 0 Å². The van der Waals surface area contributed by atoms with Crippen LogP contribution in [0, 0.1) is 5.82 Å². The largest absolute Gasteiger partial charge is 0.444 e. The van der Waals surface area contributed by atoms with Gasteiger partial charge in [0.1, 0.15) is 23.6 Å². The highest BCUT2D eigenvalue weighted by atomic mass is 19.1. The maximum absolute atomic E-state index is 14.0. The first-order valence-electron chi connectivity index (χ1n) is 11.8. The average molecular weight is 467 g/mol. The number of nitrogens with zero attached hydrogens (tertiary/aromatic N) is 6. The number of anilines is 2. The van der Waals surface area contributed by atoms with E-state index < -0.39 is 5.60 Å². The van der Waals surface area contributed by atoms with Gasteiger partial charge in [-0.3, -0.25) is 4.57 Å². The van der Waals surface area contributed by atoms with Gasteiger partial charge in [0.2, 0.25) is 0 Å². The smallest absolute Gasteiger partial charge is 0.410 e. The molecule has 0 bridgehead atoms. The van der Waals surface area contributed by atoms with Gasteiger partial charge in [-0.1, -0.05) is 6.07 Å². The molecule has 34 heavy (non-hydrogen) atoms. The lowest BCUT2D eigenvalue weighted by Crippen LogP contribution is -2.55. The maximum Gasteiger partial charge on any atom is 0.410 e. The van der Waals surface area contributed by atoms with Crippen LogP contribution in [0.1, 0.15) is 34.1 Å². The molecule has 180 valence electrons. The molecule has 8 nitrogen and oxygen atoms in total. The number of carbonyl (C=O) groups excluding carboxylic acids is 1. The van der Waals surface area contributed by atoms with Crippen molar-refractivity contribution in [1.29, 1.82) is 0 Å². The maximum atomic E-state index is 14.0. The summed E-state index contributed by atoms with van der Waals surface area (Å²) in [5.41, 5.74) is 2.01. The molecule has 3 aromatic rings. The molecule has 2 aliphatic rings. The Balaban J connectivity index is 1.51. The van der Waals surface area contributed by atoms with Gasteiger partial charge >= 0.3 is 6.09 Å². The van der Waals surface area contributed by atoms with Gasteiger partial charge in [-0.2, -0.15) is 0 Å². The second-order valence-electron chi connectivity index (χ2n) is 10.1. The summed E-state index contributed by atoms with van der Waals surface area (Å²) in [4.78, 5) is 28.2. The van der Waals surface area contributed by atoms with Crippen molar-refractivity contribution in [2.45, 2.75) is 45.8 Å². The molecule has 9 heteroatoms. The number of hydrogen-bond acceptors (Lipinski definition) is 6. The summed E-state index contributed by atoms with van der Waals surface area (Å²) in [7, 11) is 0. The normalized spacial score (nSPS) is 18.9. The van der Waals surface area contributed by atoms with E-state index in [0.29, 0.717) is 19.6 Å². The molecule has 1 aromatic carbocycles. The SMILES string of the molecule is C[C@H]1CN(C(=O)OC(C)(C)C)CCN1c1ncnc2c1c(N1CCC1)cn2-c1cccc(F)c1. The van der Waals surface area contributed by atoms with Crippen LogP contribution in [0.25, 0.3) is 16.7 Å². The fourth-order valence-electron chi connectivity index (χ4n) is 4.63. The van der Waals surface area contributed by atoms with E-state index in [0.717, 1.165) is 47.7 Å². The van der Waals surface area contributed by atoms with E-state index in [-0.39, 0.29) is 18.0 Å². The molecule has 2 fully saturated rings. The molecule has 2 saturated heterocycles. The number of halogens is 1. The predicted octanol–water partition coefficient (Wildman–Crippen LogP) is 4.22. The molecule has 5 rings (SSSR count). The summed E-state index contributed by atoms with van der Waals surface area (Å²) in [6, 6.07) is 6.59. The Labute approximate surface area is 198 Å². The summed E-state index contributed by atoms with van der Waals surface area (Å²) in [6.07, 6.45) is 4.46. The van der Waals surface area contributed by atoms with Crippen LogP contribution in [-0.2, 0) is 4.74 Å². The first-order chi connectivity index (χ1) is 16.2. The van der Waals surface area contributed by atoms with Gasteiger partial charge in [0, 0.05) is 50.6 Å². The lowest BCUT2D eigenvalue weighted by Gasteiger charge is -2.41. The summed E-state index contributed by atoms with van der Waals surface area (Å²) < 4.78 is 21.5. The molecule has 2 aliphatic heterocycles. The Morgan fingerprint density at radius 1 is 1.15 bits per heavy atom. The van der Waals surface area contributed by atoms with E-state index in [1.807, 2.05) is 37.6 Å². The van der Waals surface area contributed by atoms with Crippen LogP contribution in [-0.4, -0.2) is 69.9 Å². The molecule has 0 spiro atoms. The van der Waals surface area contributed by atoms with E-state index >= 15 is 0 Å². The highest BCUT2D eigenvalue weighted by Crippen LogP contribution is 2.39. The lowest BCUT2D eigenvalue weighted by atomic mass is 10.1. The van der Waals surface area contributed by atoms with Gasteiger partial charge in [-0.15, -0.1) is 0 Å². The minimum absolute atomic E-state index is 0.0427. The molecule has 0 radical (unpaired) electrons. The number of fused-ring (bicyclic) bond motifs is 1. The minimum atomic E-state index is -0.526. The van der Waals surface area contributed by atoms with Gasteiger partial charge in [0.25, 0.3) is 0 Å². The molecule has 1 atom stereocenters. The standard InChI is InChI=1S/C25H31FN6O2/c1-17-14-30(24(33)34-25(2,3)4)11-12-31(17)22-21-20(29-9-6-10-29)15-32(23(21)28-16-27-22)19-8-5-7-18(26)13-19/h5,7-8,13,15-17H,6,9-12,14H2,1-4H3/t17-/m0/s1. The molecule has 1 amide bonds. The van der Waals surface area contributed by atoms with Crippen LogP contribution in [0.2, 0.25) is 0 Å². The second kappa shape index (κ2) is 8.45. The van der Waals surface area contributed by atoms with E-state index in [9.17, 15) is 9.18 Å². The third-order valence-corrected chi connectivity index (χ3v) is 6.38. The average Bonchev–Trinajstić information content (AvgIpc) is 3.11. The highest BCUT2D eigenvalue weighted by Gasteiger charge is 2.33. The van der Waals surface area contributed by atoms with Crippen molar-refractivity contribution in [2.75, 3.05) is 42.5 Å². The summed E-state index contributed by atoms with van der Waals surface area (Å²) in [6.45, 7) is 11.4. The molecule has 0 unspecified atom stereocenters. The highest BCUT2D eigenvalue weighted by molar-refractivity contribution is 6.01. The molecule has 0 saturated carbocycles. The number of hydrogen-bond donors (Lipinski definition) is 0. The Hall–Kier alpha value is -3.36. The Morgan fingerprint density at radius 2 is 1.94 bits per heavy atom. The van der Waals surface area contributed by atoms with Crippen LogP contribution < -0.4 is 9.80 Å². The van der Waals surface area contributed by atoms with Gasteiger partial charge in [0.05, 0.1) is 11.1 Å². The first kappa shape index (κ1) is 22.4. The van der Waals surface area contributed by atoms with Gasteiger partial charge in [-0.25, -0.2) is 19.2 Å². The third kappa shape index (κ3) is 4.15. The fourth-order valence-corrected chi connectivity index (χ4v) is 4.63. The fraction of sp³-hybridized carbons (Fsp3) is 0.480. The topological polar surface area (TPSA) is 66.7 Å². The van der Waals surface area contributed by atoms with E-state index in [2.05, 4.69) is 21.7 Å². The van der Waals surface area contributed by atoms with Crippen molar-refractivity contribution in [3.8, 4) is 5.69 Å². The van der Waals surface area contributed by atoms with Crippen molar-refractivity contribution in [3.63, 3.8) is 0 Å². The third-order valence-electron chi connectivity index (χ3n) is 6.38. The van der Waals surface area contributed by atoms with Crippen LogP contribution >= 0.6 is 0 Å². The number of aromatic nitrogens is 3. The number of amides is 1. The predicted molar refractivity (Wildman–Crippen MR) is 130 cm³/mol. The molecular weight excluding hydrogens is 435 g/mol. The van der Waals surface area contributed by atoms with Crippen LogP contribution in [0.5, 0.6) is 0 Å². The molecule has 2 aromatic heterocycles. The number of rotatable bonds is 3. The van der Waals surface area contributed by atoms with Crippen molar-refractivity contribution < 1.29 is 13.9 Å². The van der Waals surface area contributed by atoms with Crippen molar-refractivity contribution in [1.82, 2.24) is 19.4 Å². The zero-order valence-corrected chi connectivity index (χ0v) is 20.2. The summed E-state index contributed by atoms with van der Waals surface area (Å²) >= 11 is 0. The van der Waals surface area contributed by atoms with Gasteiger partial charge in [-0.05, 0) is 52.3 Å². The lowest BCUT2D eigenvalue weighted by molar-refractivity contribution is 0.0218. The van der Waals surface area contributed by atoms with Crippen LogP contribution in [0.4, 0.5) is 20.7 Å². The Kier molecular flexibility index (Phi) is 5.58. The monoisotopic (exact) mass is 466 g/mol. The van der Waals surface area contributed by atoms with Crippen LogP contribution in [0.3, 0.4) is 0 Å². The molecule has 0 N–H and O–H groups in total. The van der Waals surface area contributed by atoms with E-state index in [1.54, 1.807) is 17.3 Å². The Morgan fingerprint density at radius 3 is 2.59 bits per heavy atom. The molecule has 4 heterocycles. The molecular formula is C25H31FN6O2. The van der Waals surface area contributed by atoms with Crippen LogP contribution in [0.15, 0.2) is 36.8 Å². The number of benzene rings is 1. The summed E-state index contributed by atoms with van der Waals surface area (Å²) in [5, 5.41) is 0.962. The number of carbonyl (C=O) groups is 1. The molecule has 0 aliphatic carbocycles. The summed E-state index contributed by atoms with van der Waals surface area (Å²) in [5.74, 6) is 0.560. The van der Waals surface area contributed by atoms with E-state index in [1.165, 1.54) is 12.1 Å². The first-order valence-corrected chi connectivity index (χ1v) is 11.8. The number of ether oxygens (including phenoxy) is 1. The zero-order chi connectivity index (χ0) is 24.0. The van der Waals surface area contributed by atoms with Crippen molar-refractivity contribution in [3.05, 3.63) is 42.6 Å². The Bertz CT molecular complexity index is 1220. The zero-order valence-electron chi connectivity index (χ0n) is 20.2. The second-order valence-corrected chi connectivity index (χ2v) is 10.1. The van der Waals surface area contributed by atoms with Gasteiger partial charge in [0.15, 0.2) is 5.65 Å². The van der Waals surface area contributed by atoms with Gasteiger partial charge < -0.3 is 19.4 Å². The van der Waals surface area contributed by atoms with E-state index in [4.69, 9.17) is 9.72 Å². The van der Waals surface area contributed by atoms with Crippen molar-refractivity contribution >= 4 is 28.6 Å². The number of piperazine rings is 1.